The molecule has 0 spiro atoms. The molecule has 34 heavy (non-hydrogen) atoms. The summed E-state index contributed by atoms with van der Waals surface area (Å²) in [5, 5.41) is 2.31. The van der Waals surface area contributed by atoms with Crippen LogP contribution in [0.2, 0.25) is 0 Å². The van der Waals surface area contributed by atoms with Crippen molar-refractivity contribution >= 4 is 33.6 Å². The van der Waals surface area contributed by atoms with Gasteiger partial charge in [-0.15, -0.1) is 0 Å². The second-order valence-corrected chi connectivity index (χ2v) is 9.24. The van der Waals surface area contributed by atoms with Gasteiger partial charge in [-0.25, -0.2) is 19.2 Å². The van der Waals surface area contributed by atoms with Gasteiger partial charge in [-0.05, 0) is 26.2 Å². The van der Waals surface area contributed by atoms with E-state index in [0.717, 1.165) is 10.8 Å². The SMILES string of the molecule is CC(C)(C)OC(=O)N1CCN(c2ncnc3c(F)c(-c4cncc5ccccc45)ncc23)CC1. The molecule has 0 saturated carbocycles. The lowest BCUT2D eigenvalue weighted by atomic mass is 10.0. The summed E-state index contributed by atoms with van der Waals surface area (Å²) in [5.41, 5.74) is 0.481. The largest absolute Gasteiger partial charge is 0.444 e. The number of aromatic nitrogens is 4. The Kier molecular flexibility index (Phi) is 5.47. The van der Waals surface area contributed by atoms with E-state index in [4.69, 9.17) is 4.74 Å². The van der Waals surface area contributed by atoms with Crippen molar-refractivity contribution in [2.24, 2.45) is 0 Å². The van der Waals surface area contributed by atoms with Crippen LogP contribution in [0.1, 0.15) is 20.8 Å². The molecule has 3 aromatic heterocycles. The van der Waals surface area contributed by atoms with Crippen LogP contribution in [0.25, 0.3) is 32.9 Å². The van der Waals surface area contributed by atoms with Crippen LogP contribution >= 0.6 is 0 Å². The molecule has 1 amide bonds. The van der Waals surface area contributed by atoms with Gasteiger partial charge in [0.15, 0.2) is 5.82 Å². The molecule has 0 aliphatic carbocycles. The van der Waals surface area contributed by atoms with Crippen LogP contribution in [-0.4, -0.2) is 62.7 Å². The minimum Gasteiger partial charge on any atom is -0.444 e. The topological polar surface area (TPSA) is 84.3 Å². The lowest BCUT2D eigenvalue weighted by Gasteiger charge is -2.36. The molecule has 0 unspecified atom stereocenters. The molecule has 0 atom stereocenters. The zero-order valence-corrected chi connectivity index (χ0v) is 19.3. The zero-order valence-electron chi connectivity index (χ0n) is 19.3. The Morgan fingerprint density at radius 2 is 1.74 bits per heavy atom. The highest BCUT2D eigenvalue weighted by atomic mass is 19.1. The van der Waals surface area contributed by atoms with Crippen LogP contribution in [0.5, 0.6) is 0 Å². The third-order valence-electron chi connectivity index (χ3n) is 5.76. The maximum Gasteiger partial charge on any atom is 0.410 e. The summed E-state index contributed by atoms with van der Waals surface area (Å²) in [7, 11) is 0. The Morgan fingerprint density at radius 3 is 2.50 bits per heavy atom. The van der Waals surface area contributed by atoms with Crippen LogP contribution in [0.3, 0.4) is 0 Å². The van der Waals surface area contributed by atoms with Crippen molar-refractivity contribution in [3.8, 4) is 11.3 Å². The summed E-state index contributed by atoms with van der Waals surface area (Å²) in [6, 6.07) is 7.68. The standard InChI is InChI=1S/C25H25FN6O2/c1-25(2,3)34-24(33)32-10-8-31(9-11-32)23-19-14-28-21(20(26)22(19)29-15-30-23)18-13-27-12-16-6-4-5-7-17(16)18/h4-7,12-15H,8-11H2,1-3H3. The van der Waals surface area contributed by atoms with Gasteiger partial charge in [-0.1, -0.05) is 24.3 Å². The van der Waals surface area contributed by atoms with Crippen LogP contribution in [0.15, 0.2) is 49.2 Å². The number of anilines is 1. The second kappa shape index (κ2) is 8.48. The molecule has 1 aliphatic heterocycles. The number of halogens is 1. The average molecular weight is 461 g/mol. The Bertz CT molecular complexity index is 1370. The van der Waals surface area contributed by atoms with Crippen molar-refractivity contribution in [2.75, 3.05) is 31.1 Å². The maximum atomic E-state index is 15.7. The fourth-order valence-corrected chi connectivity index (χ4v) is 4.15. The zero-order chi connectivity index (χ0) is 23.9. The van der Waals surface area contributed by atoms with Gasteiger partial charge in [-0.2, -0.15) is 0 Å². The van der Waals surface area contributed by atoms with E-state index in [-0.39, 0.29) is 17.3 Å². The molecule has 174 valence electrons. The fraction of sp³-hybridized carbons (Fsp3) is 0.320. The number of ether oxygens (including phenoxy) is 1. The van der Waals surface area contributed by atoms with Gasteiger partial charge in [0.25, 0.3) is 0 Å². The van der Waals surface area contributed by atoms with Crippen LogP contribution in [0, 0.1) is 5.82 Å². The Balaban J connectivity index is 1.45. The molecule has 1 saturated heterocycles. The molecule has 1 aliphatic rings. The number of piperazine rings is 1. The summed E-state index contributed by atoms with van der Waals surface area (Å²) < 4.78 is 21.2. The monoisotopic (exact) mass is 460 g/mol. The lowest BCUT2D eigenvalue weighted by molar-refractivity contribution is 0.0240. The first kappa shape index (κ1) is 21.9. The van der Waals surface area contributed by atoms with E-state index in [9.17, 15) is 4.79 Å². The molecule has 0 N–H and O–H groups in total. The second-order valence-electron chi connectivity index (χ2n) is 9.24. The summed E-state index contributed by atoms with van der Waals surface area (Å²) in [6.45, 7) is 7.59. The normalized spacial score (nSPS) is 14.6. The van der Waals surface area contributed by atoms with E-state index in [1.54, 1.807) is 23.5 Å². The summed E-state index contributed by atoms with van der Waals surface area (Å²) in [4.78, 5) is 33.4. The number of amides is 1. The van der Waals surface area contributed by atoms with Gasteiger partial charge in [-0.3, -0.25) is 9.97 Å². The quantitative estimate of drug-likeness (QED) is 0.437. The van der Waals surface area contributed by atoms with E-state index in [1.807, 2.05) is 49.9 Å². The fourth-order valence-electron chi connectivity index (χ4n) is 4.15. The number of hydrogen-bond acceptors (Lipinski definition) is 7. The van der Waals surface area contributed by atoms with Crippen LogP contribution in [-0.2, 0) is 4.74 Å². The molecule has 9 heteroatoms. The maximum absolute atomic E-state index is 15.7. The van der Waals surface area contributed by atoms with Gasteiger partial charge in [0.05, 0.1) is 5.39 Å². The smallest absolute Gasteiger partial charge is 0.410 e. The first-order chi connectivity index (χ1) is 16.3. The first-order valence-electron chi connectivity index (χ1n) is 11.2. The van der Waals surface area contributed by atoms with Gasteiger partial charge >= 0.3 is 6.09 Å². The molecule has 0 bridgehead atoms. The van der Waals surface area contributed by atoms with Crippen molar-refractivity contribution in [2.45, 2.75) is 26.4 Å². The van der Waals surface area contributed by atoms with Crippen molar-refractivity contribution < 1.29 is 13.9 Å². The number of rotatable bonds is 2. The third-order valence-corrected chi connectivity index (χ3v) is 5.76. The van der Waals surface area contributed by atoms with E-state index >= 15 is 4.39 Å². The number of carbonyl (C=O) groups excluding carboxylic acids is 1. The van der Waals surface area contributed by atoms with Gasteiger partial charge in [0.1, 0.15) is 29.0 Å². The third kappa shape index (κ3) is 4.09. The number of hydrogen-bond donors (Lipinski definition) is 0. The van der Waals surface area contributed by atoms with Crippen molar-refractivity contribution in [1.82, 2.24) is 24.8 Å². The Morgan fingerprint density at radius 1 is 0.971 bits per heavy atom. The average Bonchev–Trinajstić information content (AvgIpc) is 2.83. The highest BCUT2D eigenvalue weighted by Gasteiger charge is 2.27. The minimum absolute atomic E-state index is 0.205. The molecule has 0 radical (unpaired) electrons. The van der Waals surface area contributed by atoms with Crippen molar-refractivity contribution in [3.05, 3.63) is 55.0 Å². The summed E-state index contributed by atoms with van der Waals surface area (Å²) in [5.74, 6) is 0.0922. The first-order valence-corrected chi connectivity index (χ1v) is 11.2. The van der Waals surface area contributed by atoms with Gasteiger partial charge in [0, 0.05) is 55.7 Å². The molecule has 8 nitrogen and oxygen atoms in total. The Labute approximate surface area is 196 Å². The number of fused-ring (bicyclic) bond motifs is 2. The van der Waals surface area contributed by atoms with Gasteiger partial charge in [0.2, 0.25) is 0 Å². The van der Waals surface area contributed by atoms with Crippen molar-refractivity contribution in [3.63, 3.8) is 0 Å². The van der Waals surface area contributed by atoms with E-state index in [2.05, 4.69) is 19.9 Å². The molecule has 5 rings (SSSR count). The van der Waals surface area contributed by atoms with Crippen LogP contribution in [0.4, 0.5) is 15.0 Å². The predicted octanol–water partition coefficient (Wildman–Crippen LogP) is 4.44. The predicted molar refractivity (Wildman–Crippen MR) is 128 cm³/mol. The molecule has 4 aromatic rings. The molecular formula is C25H25FN6O2. The highest BCUT2D eigenvalue weighted by Crippen LogP contribution is 2.33. The van der Waals surface area contributed by atoms with E-state index in [1.165, 1.54) is 6.33 Å². The number of nitrogens with zero attached hydrogens (tertiary/aromatic N) is 6. The number of carbonyl (C=O) groups is 1. The van der Waals surface area contributed by atoms with Crippen LogP contribution < -0.4 is 4.90 Å². The number of benzene rings is 1. The highest BCUT2D eigenvalue weighted by molar-refractivity contribution is 5.98. The minimum atomic E-state index is -0.544. The summed E-state index contributed by atoms with van der Waals surface area (Å²) >= 11 is 0. The molecule has 1 aromatic carbocycles. The molecule has 1 fully saturated rings. The lowest BCUT2D eigenvalue weighted by Crippen LogP contribution is -2.50. The summed E-state index contributed by atoms with van der Waals surface area (Å²) in [6.07, 6.45) is 6.02. The van der Waals surface area contributed by atoms with E-state index in [0.29, 0.717) is 42.9 Å². The number of pyridine rings is 2. The Hall–Kier alpha value is -3.88. The molecule has 4 heterocycles. The molecular weight excluding hydrogens is 435 g/mol. The van der Waals surface area contributed by atoms with E-state index < -0.39 is 11.4 Å². The van der Waals surface area contributed by atoms with Gasteiger partial charge < -0.3 is 14.5 Å². The van der Waals surface area contributed by atoms with Crippen molar-refractivity contribution in [1.29, 1.82) is 0 Å².